The second kappa shape index (κ2) is 18.1. The van der Waals surface area contributed by atoms with E-state index in [1.807, 2.05) is 20.8 Å². The van der Waals surface area contributed by atoms with Gasteiger partial charge in [-0.25, -0.2) is 17.9 Å². The van der Waals surface area contributed by atoms with Crippen LogP contribution >= 0.6 is 0 Å². The zero-order chi connectivity index (χ0) is 40.6. The summed E-state index contributed by atoms with van der Waals surface area (Å²) in [6.07, 6.45) is 1.03. The molecule has 0 saturated carbocycles. The molecule has 1 aromatic carbocycles. The van der Waals surface area contributed by atoms with Gasteiger partial charge < -0.3 is 42.0 Å². The summed E-state index contributed by atoms with van der Waals surface area (Å²) in [7, 11) is -4.06. The number of nitrogens with zero attached hydrogens (tertiary/aromatic N) is 1. The van der Waals surface area contributed by atoms with Crippen LogP contribution in [0.1, 0.15) is 96.4 Å². The third-order valence-corrected chi connectivity index (χ3v) is 10.1. The summed E-state index contributed by atoms with van der Waals surface area (Å²) < 4.78 is 40.4. The summed E-state index contributed by atoms with van der Waals surface area (Å²) >= 11 is 0. The van der Waals surface area contributed by atoms with E-state index in [0.717, 1.165) is 11.1 Å². The van der Waals surface area contributed by atoms with Crippen molar-refractivity contribution in [2.24, 2.45) is 22.4 Å². The summed E-state index contributed by atoms with van der Waals surface area (Å²) in [5.41, 5.74) is 13.4. The SMILES string of the molecule is Cc1c(C)c(S(=O)(=O)NC(N)=NCCCC[C@H](N)C(=O)NCC(=O)N[C@@H](CC(=O)OC(C)(C)C)C(=O)N[C@H](C(=O)O)C(C)C)c(C)c2c1OC(C)(C)C2. The van der Waals surface area contributed by atoms with Crippen LogP contribution in [0.2, 0.25) is 0 Å². The topological polar surface area (TPSA) is 271 Å². The van der Waals surface area contributed by atoms with Gasteiger partial charge in [0.1, 0.15) is 29.0 Å². The molecule has 0 radical (unpaired) electrons. The van der Waals surface area contributed by atoms with Crippen LogP contribution in [0, 0.1) is 26.7 Å². The predicted octanol–water partition coefficient (Wildman–Crippen LogP) is 0.974. The Morgan fingerprint density at radius 2 is 1.62 bits per heavy atom. The standard InChI is InChI=1S/C35H57N7O10S/c1-18(2)27(32(47)48)41-31(46)24(15-26(44)51-34(6,7)8)40-25(43)17-39-30(45)23(36)13-11-12-14-38-33(37)42-53(49,50)29-20(4)19(3)28-22(21(29)5)16-35(9,10)52-28/h18,23-24,27H,11-17,36H2,1-10H3,(H,39,45)(H,40,43)(H,41,46)(H,47,48)(H3,37,38,42)/t23-,24-,27-/m0/s1. The zero-order valence-corrected chi connectivity index (χ0v) is 33.2. The number of aliphatic imine (C=N–C) groups is 1. The molecule has 17 nitrogen and oxygen atoms in total. The van der Waals surface area contributed by atoms with Gasteiger partial charge in [-0.15, -0.1) is 0 Å². The molecule has 0 saturated heterocycles. The Labute approximate surface area is 311 Å². The van der Waals surface area contributed by atoms with E-state index < -0.39 is 87.9 Å². The average molecular weight is 768 g/mol. The molecule has 0 fully saturated rings. The molecule has 0 aliphatic carbocycles. The fraction of sp³-hybridized carbons (Fsp3) is 0.657. The van der Waals surface area contributed by atoms with E-state index in [0.29, 0.717) is 36.1 Å². The second-order valence-corrected chi connectivity index (χ2v) is 16.8. The number of unbranched alkanes of at least 4 members (excludes halogenated alkanes) is 1. The van der Waals surface area contributed by atoms with Gasteiger partial charge in [-0.05, 0) is 97.3 Å². The van der Waals surface area contributed by atoms with E-state index in [1.165, 1.54) is 0 Å². The van der Waals surface area contributed by atoms with Crippen LogP contribution in [0.3, 0.4) is 0 Å². The molecular weight excluding hydrogens is 710 g/mol. The molecule has 3 atom stereocenters. The van der Waals surface area contributed by atoms with Gasteiger partial charge >= 0.3 is 11.9 Å². The molecule has 9 N–H and O–H groups in total. The summed E-state index contributed by atoms with van der Waals surface area (Å²) in [5, 5.41) is 16.5. The van der Waals surface area contributed by atoms with Crippen molar-refractivity contribution in [3.63, 3.8) is 0 Å². The molecule has 0 aromatic heterocycles. The maximum absolute atomic E-state index is 13.4. The Balaban J connectivity index is 1.91. The maximum Gasteiger partial charge on any atom is 0.326 e. The number of hydrogen-bond donors (Lipinski definition) is 7. The summed E-state index contributed by atoms with van der Waals surface area (Å²) in [4.78, 5) is 66.5. The minimum Gasteiger partial charge on any atom is -0.487 e. The summed E-state index contributed by atoms with van der Waals surface area (Å²) in [6, 6.07) is -3.76. The number of guanidine groups is 1. The molecule has 3 amide bonds. The number of carboxylic acid groups (broad SMARTS) is 1. The number of amides is 3. The normalized spacial score (nSPS) is 15.7. The van der Waals surface area contributed by atoms with Crippen molar-refractivity contribution in [2.45, 2.75) is 136 Å². The van der Waals surface area contributed by atoms with E-state index in [-0.39, 0.29) is 23.8 Å². The first kappa shape index (κ1) is 44.7. The second-order valence-electron chi connectivity index (χ2n) is 15.2. The largest absolute Gasteiger partial charge is 0.487 e. The predicted molar refractivity (Wildman–Crippen MR) is 198 cm³/mol. The Bertz CT molecular complexity index is 1700. The minimum absolute atomic E-state index is 0.138. The number of carbonyl (C=O) groups is 5. The quantitative estimate of drug-likeness (QED) is 0.0506. The number of rotatable bonds is 17. The van der Waals surface area contributed by atoms with Gasteiger partial charge in [-0.1, -0.05) is 13.8 Å². The molecule has 0 unspecified atom stereocenters. The highest BCUT2D eigenvalue weighted by molar-refractivity contribution is 7.90. The monoisotopic (exact) mass is 767 g/mol. The molecule has 2 rings (SSSR count). The van der Waals surface area contributed by atoms with E-state index in [1.54, 1.807) is 48.5 Å². The summed E-state index contributed by atoms with van der Waals surface area (Å²) in [5.74, 6) is -4.54. The van der Waals surface area contributed by atoms with Gasteiger partial charge in [0.15, 0.2) is 0 Å². The van der Waals surface area contributed by atoms with Crippen molar-refractivity contribution in [3.8, 4) is 5.75 Å². The van der Waals surface area contributed by atoms with Crippen LogP contribution in [-0.2, 0) is 45.2 Å². The Hall–Kier alpha value is -4.45. The molecule has 1 aliphatic rings. The van der Waals surface area contributed by atoms with Gasteiger partial charge in [0.2, 0.25) is 23.7 Å². The van der Waals surface area contributed by atoms with Gasteiger partial charge in [0.25, 0.3) is 10.0 Å². The van der Waals surface area contributed by atoms with Crippen LogP contribution in [-0.4, -0.2) is 91.6 Å². The number of aliphatic carboxylic acids is 1. The van der Waals surface area contributed by atoms with Crippen LogP contribution in [0.25, 0.3) is 0 Å². The van der Waals surface area contributed by atoms with Crippen molar-refractivity contribution in [2.75, 3.05) is 13.1 Å². The number of carbonyl (C=O) groups excluding carboxylic acids is 4. The van der Waals surface area contributed by atoms with Crippen molar-refractivity contribution < 1.29 is 47.0 Å². The van der Waals surface area contributed by atoms with Crippen LogP contribution in [0.15, 0.2) is 9.89 Å². The lowest BCUT2D eigenvalue weighted by Gasteiger charge is -2.25. The number of benzene rings is 1. The Morgan fingerprint density at radius 3 is 2.19 bits per heavy atom. The van der Waals surface area contributed by atoms with Crippen molar-refractivity contribution >= 4 is 45.6 Å². The third-order valence-electron chi connectivity index (χ3n) is 8.44. The molecule has 1 aliphatic heterocycles. The first-order valence-corrected chi connectivity index (χ1v) is 19.0. The Kier molecular flexibility index (Phi) is 15.2. The third kappa shape index (κ3) is 13.2. The van der Waals surface area contributed by atoms with Crippen molar-refractivity contribution in [1.29, 1.82) is 0 Å². The minimum atomic E-state index is -4.06. The number of fused-ring (bicyclic) bond motifs is 1. The molecule has 298 valence electrons. The van der Waals surface area contributed by atoms with E-state index >= 15 is 0 Å². The molecule has 0 bridgehead atoms. The number of nitrogens with two attached hydrogens (primary N) is 2. The zero-order valence-electron chi connectivity index (χ0n) is 32.4. The number of hydrogen-bond acceptors (Lipinski definition) is 11. The molecule has 18 heteroatoms. The van der Waals surface area contributed by atoms with Crippen LogP contribution in [0.4, 0.5) is 0 Å². The van der Waals surface area contributed by atoms with Crippen LogP contribution < -0.4 is 36.9 Å². The molecule has 0 spiro atoms. The lowest BCUT2D eigenvalue weighted by molar-refractivity contribution is -0.156. The van der Waals surface area contributed by atoms with Gasteiger partial charge in [-0.2, -0.15) is 0 Å². The van der Waals surface area contributed by atoms with Crippen LogP contribution in [0.5, 0.6) is 5.75 Å². The lowest BCUT2D eigenvalue weighted by Crippen LogP contribution is -2.55. The maximum atomic E-state index is 13.4. The number of ether oxygens (including phenoxy) is 2. The fourth-order valence-corrected chi connectivity index (χ4v) is 7.27. The first-order valence-electron chi connectivity index (χ1n) is 17.5. The van der Waals surface area contributed by atoms with Gasteiger partial charge in [-0.3, -0.25) is 24.2 Å². The molecule has 1 heterocycles. The van der Waals surface area contributed by atoms with Gasteiger partial charge in [0.05, 0.1) is 23.9 Å². The molecular formula is C35H57N7O10S. The highest BCUT2D eigenvalue weighted by Gasteiger charge is 2.37. The number of sulfonamides is 1. The Morgan fingerprint density at radius 1 is 1.00 bits per heavy atom. The number of esters is 1. The van der Waals surface area contributed by atoms with Crippen molar-refractivity contribution in [1.82, 2.24) is 20.7 Å². The van der Waals surface area contributed by atoms with E-state index in [9.17, 15) is 37.5 Å². The fourth-order valence-electron chi connectivity index (χ4n) is 5.75. The number of nitrogens with one attached hydrogen (secondary N) is 4. The smallest absolute Gasteiger partial charge is 0.326 e. The molecule has 53 heavy (non-hydrogen) atoms. The first-order chi connectivity index (χ1) is 24.3. The van der Waals surface area contributed by atoms with Gasteiger partial charge in [0, 0.05) is 18.5 Å². The molecule has 1 aromatic rings. The highest BCUT2D eigenvalue weighted by Crippen LogP contribution is 2.43. The van der Waals surface area contributed by atoms with Crippen molar-refractivity contribution in [3.05, 3.63) is 22.3 Å². The number of carboxylic acids is 1. The average Bonchev–Trinajstić information content (AvgIpc) is 3.34. The highest BCUT2D eigenvalue weighted by atomic mass is 32.2. The lowest BCUT2D eigenvalue weighted by atomic mass is 9.94. The van der Waals surface area contributed by atoms with E-state index in [2.05, 4.69) is 25.7 Å². The van der Waals surface area contributed by atoms with E-state index in [4.69, 9.17) is 20.9 Å². The summed E-state index contributed by atoms with van der Waals surface area (Å²) in [6.45, 7) is 16.8.